The second kappa shape index (κ2) is 6.02. The third-order valence-electron chi connectivity index (χ3n) is 3.50. The molecule has 1 amide bonds. The number of carbonyl (C=O) groups is 1. The van der Waals surface area contributed by atoms with Crippen LogP contribution in [0.4, 0.5) is 5.82 Å². The number of nitrogens with zero attached hydrogens (tertiary/aromatic N) is 3. The molecule has 19 heavy (non-hydrogen) atoms. The van der Waals surface area contributed by atoms with Gasteiger partial charge in [0.25, 0.3) is 0 Å². The lowest BCUT2D eigenvalue weighted by Gasteiger charge is -2.26. The van der Waals surface area contributed by atoms with Crippen molar-refractivity contribution in [2.45, 2.75) is 25.9 Å². The number of aromatic nitrogens is 1. The SMILES string of the molecule is C[C@H]1CNC(=O)CCN1Cc1ccc(N(C)C)nc1. The molecule has 0 bridgehead atoms. The fraction of sp³-hybridized carbons (Fsp3) is 0.571. The van der Waals surface area contributed by atoms with E-state index in [1.807, 2.05) is 31.3 Å². The Kier molecular flexibility index (Phi) is 4.37. The van der Waals surface area contributed by atoms with Gasteiger partial charge in [0.1, 0.15) is 5.82 Å². The number of carbonyl (C=O) groups excluding carboxylic acids is 1. The fourth-order valence-corrected chi connectivity index (χ4v) is 2.19. The summed E-state index contributed by atoms with van der Waals surface area (Å²) in [6.07, 6.45) is 2.50. The molecule has 1 atom stereocenters. The molecule has 0 aromatic carbocycles. The standard InChI is InChI=1S/C14H22N4O/c1-11-8-16-14(19)6-7-18(11)10-12-4-5-13(15-9-12)17(2)3/h4-5,9,11H,6-8,10H2,1-3H3,(H,16,19)/t11-/m0/s1. The average Bonchev–Trinajstić information content (AvgIpc) is 2.55. The molecule has 5 nitrogen and oxygen atoms in total. The van der Waals surface area contributed by atoms with Crippen LogP contribution in [-0.2, 0) is 11.3 Å². The average molecular weight is 262 g/mol. The van der Waals surface area contributed by atoms with Crippen LogP contribution in [0, 0.1) is 0 Å². The Balaban J connectivity index is 2.01. The van der Waals surface area contributed by atoms with Gasteiger partial charge < -0.3 is 10.2 Å². The van der Waals surface area contributed by atoms with Crippen molar-refractivity contribution in [3.8, 4) is 0 Å². The summed E-state index contributed by atoms with van der Waals surface area (Å²) in [6.45, 7) is 4.52. The predicted octanol–water partition coefficient (Wildman–Crippen LogP) is 0.858. The molecule has 1 aromatic rings. The molecular formula is C14H22N4O. The molecule has 5 heteroatoms. The van der Waals surface area contributed by atoms with Crippen LogP contribution in [0.2, 0.25) is 0 Å². The molecule has 2 heterocycles. The zero-order valence-electron chi connectivity index (χ0n) is 11.9. The number of amides is 1. The van der Waals surface area contributed by atoms with Crippen LogP contribution in [0.3, 0.4) is 0 Å². The third-order valence-corrected chi connectivity index (χ3v) is 3.50. The molecule has 0 aliphatic carbocycles. The maximum atomic E-state index is 11.4. The summed E-state index contributed by atoms with van der Waals surface area (Å²) in [5.41, 5.74) is 1.19. The fourth-order valence-electron chi connectivity index (χ4n) is 2.19. The van der Waals surface area contributed by atoms with Gasteiger partial charge in [0.2, 0.25) is 5.91 Å². The first-order chi connectivity index (χ1) is 9.06. The lowest BCUT2D eigenvalue weighted by atomic mass is 10.2. The van der Waals surface area contributed by atoms with Crippen molar-refractivity contribution in [2.24, 2.45) is 0 Å². The summed E-state index contributed by atoms with van der Waals surface area (Å²) in [7, 11) is 3.96. The highest BCUT2D eigenvalue weighted by Gasteiger charge is 2.20. The number of nitrogens with one attached hydrogen (secondary N) is 1. The minimum atomic E-state index is 0.149. The first-order valence-corrected chi connectivity index (χ1v) is 6.69. The molecular weight excluding hydrogens is 240 g/mol. The Hall–Kier alpha value is -1.62. The maximum absolute atomic E-state index is 11.4. The van der Waals surface area contributed by atoms with E-state index in [0.29, 0.717) is 12.5 Å². The molecule has 1 saturated heterocycles. The Morgan fingerprint density at radius 1 is 1.47 bits per heavy atom. The van der Waals surface area contributed by atoms with Crippen molar-refractivity contribution in [3.63, 3.8) is 0 Å². The van der Waals surface area contributed by atoms with Crippen LogP contribution in [0.25, 0.3) is 0 Å². The minimum Gasteiger partial charge on any atom is -0.363 e. The Labute approximate surface area is 114 Å². The van der Waals surface area contributed by atoms with Gasteiger partial charge in [0.05, 0.1) is 0 Å². The van der Waals surface area contributed by atoms with E-state index in [1.54, 1.807) is 0 Å². The van der Waals surface area contributed by atoms with Crippen molar-refractivity contribution in [1.29, 1.82) is 0 Å². The smallest absolute Gasteiger partial charge is 0.221 e. The quantitative estimate of drug-likeness (QED) is 0.877. The molecule has 1 aromatic heterocycles. The topological polar surface area (TPSA) is 48.5 Å². The molecule has 1 fully saturated rings. The molecule has 0 saturated carbocycles. The van der Waals surface area contributed by atoms with Gasteiger partial charge in [-0.2, -0.15) is 0 Å². The monoisotopic (exact) mass is 262 g/mol. The van der Waals surface area contributed by atoms with E-state index < -0.39 is 0 Å². The van der Waals surface area contributed by atoms with Crippen LogP contribution in [0.15, 0.2) is 18.3 Å². The molecule has 2 rings (SSSR count). The van der Waals surface area contributed by atoms with E-state index in [2.05, 4.69) is 28.2 Å². The minimum absolute atomic E-state index is 0.149. The van der Waals surface area contributed by atoms with E-state index in [1.165, 1.54) is 5.56 Å². The van der Waals surface area contributed by atoms with E-state index in [-0.39, 0.29) is 5.91 Å². The molecule has 1 N–H and O–H groups in total. The molecule has 1 aliphatic heterocycles. The summed E-state index contributed by atoms with van der Waals surface area (Å²) >= 11 is 0. The van der Waals surface area contributed by atoms with Crippen LogP contribution >= 0.6 is 0 Å². The summed E-state index contributed by atoms with van der Waals surface area (Å²) in [6, 6.07) is 4.50. The van der Waals surface area contributed by atoms with Gasteiger partial charge in [-0.1, -0.05) is 6.07 Å². The molecule has 0 radical (unpaired) electrons. The second-order valence-electron chi connectivity index (χ2n) is 5.29. The van der Waals surface area contributed by atoms with E-state index in [4.69, 9.17) is 0 Å². The van der Waals surface area contributed by atoms with E-state index in [0.717, 1.165) is 25.5 Å². The van der Waals surface area contributed by atoms with Crippen molar-refractivity contribution < 1.29 is 4.79 Å². The van der Waals surface area contributed by atoms with Crippen LogP contribution in [0.5, 0.6) is 0 Å². The first-order valence-electron chi connectivity index (χ1n) is 6.69. The highest BCUT2D eigenvalue weighted by Crippen LogP contribution is 2.13. The van der Waals surface area contributed by atoms with Crippen LogP contribution in [0.1, 0.15) is 18.9 Å². The van der Waals surface area contributed by atoms with E-state index in [9.17, 15) is 4.79 Å². The largest absolute Gasteiger partial charge is 0.363 e. The second-order valence-corrected chi connectivity index (χ2v) is 5.29. The Bertz CT molecular complexity index is 430. The number of hydrogen-bond acceptors (Lipinski definition) is 4. The van der Waals surface area contributed by atoms with Crippen molar-refractivity contribution >= 4 is 11.7 Å². The number of anilines is 1. The van der Waals surface area contributed by atoms with Gasteiger partial charge in [-0.15, -0.1) is 0 Å². The molecule has 1 aliphatic rings. The number of hydrogen-bond donors (Lipinski definition) is 1. The summed E-state index contributed by atoms with van der Waals surface area (Å²) in [4.78, 5) is 20.1. The number of rotatable bonds is 3. The van der Waals surface area contributed by atoms with Gasteiger partial charge in [0, 0.05) is 52.4 Å². The van der Waals surface area contributed by atoms with Crippen molar-refractivity contribution in [3.05, 3.63) is 23.9 Å². The lowest BCUT2D eigenvalue weighted by Crippen LogP contribution is -2.37. The lowest BCUT2D eigenvalue weighted by molar-refractivity contribution is -0.120. The van der Waals surface area contributed by atoms with Gasteiger partial charge in [-0.25, -0.2) is 4.98 Å². The van der Waals surface area contributed by atoms with E-state index >= 15 is 0 Å². The zero-order chi connectivity index (χ0) is 13.8. The van der Waals surface area contributed by atoms with Gasteiger partial charge in [0.15, 0.2) is 0 Å². The zero-order valence-corrected chi connectivity index (χ0v) is 11.9. The van der Waals surface area contributed by atoms with Crippen molar-refractivity contribution in [2.75, 3.05) is 32.1 Å². The van der Waals surface area contributed by atoms with Crippen molar-refractivity contribution in [1.82, 2.24) is 15.2 Å². The summed E-state index contributed by atoms with van der Waals surface area (Å²) in [5, 5.41) is 2.93. The molecule has 0 unspecified atom stereocenters. The summed E-state index contributed by atoms with van der Waals surface area (Å²) in [5.74, 6) is 1.11. The predicted molar refractivity (Wildman–Crippen MR) is 76.1 cm³/mol. The van der Waals surface area contributed by atoms with Crippen LogP contribution < -0.4 is 10.2 Å². The summed E-state index contributed by atoms with van der Waals surface area (Å²) < 4.78 is 0. The Morgan fingerprint density at radius 2 is 2.26 bits per heavy atom. The molecule has 0 spiro atoms. The van der Waals surface area contributed by atoms with Gasteiger partial charge >= 0.3 is 0 Å². The Morgan fingerprint density at radius 3 is 2.89 bits per heavy atom. The first kappa shape index (κ1) is 13.8. The highest BCUT2D eigenvalue weighted by molar-refractivity contribution is 5.76. The highest BCUT2D eigenvalue weighted by atomic mass is 16.1. The normalized spacial score (nSPS) is 20.8. The van der Waals surface area contributed by atoms with Gasteiger partial charge in [-0.05, 0) is 18.6 Å². The third kappa shape index (κ3) is 3.67. The maximum Gasteiger partial charge on any atom is 0.221 e. The molecule has 104 valence electrons. The van der Waals surface area contributed by atoms with Crippen LogP contribution in [-0.4, -0.2) is 49.0 Å². The number of pyridine rings is 1. The van der Waals surface area contributed by atoms with Gasteiger partial charge in [-0.3, -0.25) is 9.69 Å².